The molecule has 2 aromatic rings. The summed E-state index contributed by atoms with van der Waals surface area (Å²) in [6.45, 7) is 0.757. The molecule has 1 fully saturated rings. The summed E-state index contributed by atoms with van der Waals surface area (Å²) in [6, 6.07) is 14.3. The van der Waals surface area contributed by atoms with Gasteiger partial charge in [0.05, 0.1) is 12.2 Å². The van der Waals surface area contributed by atoms with Crippen LogP contribution in [0.25, 0.3) is 11.1 Å². The first kappa shape index (κ1) is 17.5. The molecule has 5 heteroatoms. The van der Waals surface area contributed by atoms with Crippen LogP contribution in [0.15, 0.2) is 48.5 Å². The van der Waals surface area contributed by atoms with E-state index in [9.17, 15) is 20.1 Å². The first-order valence-corrected chi connectivity index (χ1v) is 8.53. The smallest absolute Gasteiger partial charge is 0.253 e. The van der Waals surface area contributed by atoms with E-state index in [0.717, 1.165) is 11.1 Å². The molecule has 5 nitrogen and oxygen atoms in total. The van der Waals surface area contributed by atoms with Gasteiger partial charge < -0.3 is 20.2 Å². The second-order valence-corrected chi connectivity index (χ2v) is 6.65. The minimum Gasteiger partial charge on any atom is -0.508 e. The molecule has 0 unspecified atom stereocenters. The summed E-state index contributed by atoms with van der Waals surface area (Å²) in [4.78, 5) is 14.4. The Morgan fingerprint density at radius 1 is 0.960 bits per heavy atom. The van der Waals surface area contributed by atoms with E-state index in [1.165, 1.54) is 0 Å². The minimum absolute atomic E-state index is 0.0561. The third-order valence-corrected chi connectivity index (χ3v) is 4.83. The van der Waals surface area contributed by atoms with Crippen LogP contribution in [0.3, 0.4) is 0 Å². The van der Waals surface area contributed by atoms with Gasteiger partial charge >= 0.3 is 0 Å². The monoisotopic (exact) mass is 341 g/mol. The SMILES string of the molecule is O=C(c1ccc(-c2ccc(O)cc2)cc1)N1CCC[C@](O)(CO)CC1. The summed E-state index contributed by atoms with van der Waals surface area (Å²) in [7, 11) is 0. The van der Waals surface area contributed by atoms with Gasteiger partial charge in [-0.2, -0.15) is 0 Å². The van der Waals surface area contributed by atoms with Crippen molar-refractivity contribution in [3.05, 3.63) is 54.1 Å². The van der Waals surface area contributed by atoms with E-state index in [1.807, 2.05) is 24.3 Å². The Kier molecular flexibility index (Phi) is 5.06. The quantitative estimate of drug-likeness (QED) is 0.801. The third kappa shape index (κ3) is 4.00. The van der Waals surface area contributed by atoms with Crippen molar-refractivity contribution in [2.24, 2.45) is 0 Å². The molecule has 1 amide bonds. The van der Waals surface area contributed by atoms with Crippen LogP contribution in [0.1, 0.15) is 29.6 Å². The zero-order valence-electron chi connectivity index (χ0n) is 14.1. The van der Waals surface area contributed by atoms with E-state index in [2.05, 4.69) is 0 Å². The Hall–Kier alpha value is -2.37. The van der Waals surface area contributed by atoms with Crippen molar-refractivity contribution in [3.8, 4) is 16.9 Å². The zero-order valence-corrected chi connectivity index (χ0v) is 14.1. The molecule has 25 heavy (non-hydrogen) atoms. The number of benzene rings is 2. The number of carbonyl (C=O) groups is 1. The second kappa shape index (κ2) is 7.25. The zero-order chi connectivity index (χ0) is 17.9. The minimum atomic E-state index is -1.07. The van der Waals surface area contributed by atoms with Crippen LogP contribution < -0.4 is 0 Å². The van der Waals surface area contributed by atoms with E-state index in [-0.39, 0.29) is 18.3 Å². The van der Waals surface area contributed by atoms with E-state index >= 15 is 0 Å². The molecule has 0 spiro atoms. The molecule has 1 atom stereocenters. The molecule has 2 aromatic carbocycles. The number of nitrogens with zero attached hydrogens (tertiary/aromatic N) is 1. The number of aliphatic hydroxyl groups excluding tert-OH is 1. The summed E-state index contributed by atoms with van der Waals surface area (Å²) in [5.74, 6) is 0.166. The number of rotatable bonds is 3. The van der Waals surface area contributed by atoms with Crippen LogP contribution >= 0.6 is 0 Å². The lowest BCUT2D eigenvalue weighted by Gasteiger charge is -2.24. The lowest BCUT2D eigenvalue weighted by Crippen LogP contribution is -2.36. The highest BCUT2D eigenvalue weighted by atomic mass is 16.3. The number of aromatic hydroxyl groups is 1. The van der Waals surface area contributed by atoms with Crippen molar-refractivity contribution in [3.63, 3.8) is 0 Å². The molecule has 0 aromatic heterocycles. The van der Waals surface area contributed by atoms with Crippen LogP contribution in [0.2, 0.25) is 0 Å². The van der Waals surface area contributed by atoms with Crippen LogP contribution in [-0.2, 0) is 0 Å². The molecule has 0 radical (unpaired) electrons. The maximum Gasteiger partial charge on any atom is 0.253 e. The van der Waals surface area contributed by atoms with E-state index < -0.39 is 5.60 Å². The summed E-state index contributed by atoms with van der Waals surface area (Å²) in [6.07, 6.45) is 1.57. The van der Waals surface area contributed by atoms with E-state index in [1.54, 1.807) is 29.2 Å². The summed E-state index contributed by atoms with van der Waals surface area (Å²) < 4.78 is 0. The lowest BCUT2D eigenvalue weighted by molar-refractivity contribution is -0.0250. The van der Waals surface area contributed by atoms with Crippen molar-refractivity contribution in [2.75, 3.05) is 19.7 Å². The van der Waals surface area contributed by atoms with Crippen LogP contribution in [0, 0.1) is 0 Å². The summed E-state index contributed by atoms with van der Waals surface area (Å²) in [5, 5.41) is 28.9. The Balaban J connectivity index is 1.71. The molecule has 1 aliphatic heterocycles. The van der Waals surface area contributed by atoms with Gasteiger partial charge in [0.1, 0.15) is 5.75 Å². The van der Waals surface area contributed by atoms with Gasteiger partial charge in [0.15, 0.2) is 0 Å². The summed E-state index contributed by atoms with van der Waals surface area (Å²) >= 11 is 0. The predicted molar refractivity (Wildman–Crippen MR) is 95.3 cm³/mol. The topological polar surface area (TPSA) is 81.0 Å². The molecule has 1 aliphatic rings. The number of likely N-dealkylation sites (tertiary alicyclic amines) is 1. The number of carbonyl (C=O) groups excluding carboxylic acids is 1. The standard InChI is InChI=1S/C20H23NO4/c22-14-20(25)10-1-12-21(13-11-20)19(24)17-4-2-15(3-5-17)16-6-8-18(23)9-7-16/h2-9,22-23,25H,1,10-14H2/t20-/m1/s1. The van der Waals surface area contributed by atoms with Crippen LogP contribution in [0.4, 0.5) is 0 Å². The van der Waals surface area contributed by atoms with Crippen molar-refractivity contribution in [2.45, 2.75) is 24.9 Å². The van der Waals surface area contributed by atoms with Gasteiger partial charge in [-0.15, -0.1) is 0 Å². The number of hydrogen-bond acceptors (Lipinski definition) is 4. The highest BCUT2D eigenvalue weighted by Gasteiger charge is 2.31. The number of amides is 1. The van der Waals surface area contributed by atoms with Gasteiger partial charge in [0.2, 0.25) is 0 Å². The number of hydrogen-bond donors (Lipinski definition) is 3. The third-order valence-electron chi connectivity index (χ3n) is 4.83. The fourth-order valence-corrected chi connectivity index (χ4v) is 3.18. The Morgan fingerprint density at radius 2 is 1.56 bits per heavy atom. The first-order chi connectivity index (χ1) is 12.0. The average molecular weight is 341 g/mol. The molecule has 0 aliphatic carbocycles. The van der Waals surface area contributed by atoms with Gasteiger partial charge in [0.25, 0.3) is 5.91 Å². The molecule has 3 rings (SSSR count). The normalized spacial score (nSPS) is 21.0. The molecule has 0 bridgehead atoms. The van der Waals surface area contributed by atoms with Crippen molar-refractivity contribution in [1.82, 2.24) is 4.90 Å². The highest BCUT2D eigenvalue weighted by molar-refractivity contribution is 5.94. The molecule has 0 saturated carbocycles. The molecular weight excluding hydrogens is 318 g/mol. The van der Waals surface area contributed by atoms with Gasteiger partial charge in [-0.25, -0.2) is 0 Å². The maximum atomic E-state index is 12.7. The van der Waals surface area contributed by atoms with E-state index in [0.29, 0.717) is 37.9 Å². The van der Waals surface area contributed by atoms with Crippen LogP contribution in [0.5, 0.6) is 5.75 Å². The summed E-state index contributed by atoms with van der Waals surface area (Å²) in [5.41, 5.74) is 1.48. The number of aliphatic hydroxyl groups is 2. The fraction of sp³-hybridized carbons (Fsp3) is 0.350. The number of phenolic OH excluding ortho intramolecular Hbond substituents is 1. The van der Waals surface area contributed by atoms with E-state index in [4.69, 9.17) is 0 Å². The van der Waals surface area contributed by atoms with Gasteiger partial charge in [-0.1, -0.05) is 24.3 Å². The maximum absolute atomic E-state index is 12.7. The fourth-order valence-electron chi connectivity index (χ4n) is 3.18. The molecule has 3 N–H and O–H groups in total. The Labute approximate surface area is 147 Å². The van der Waals surface area contributed by atoms with Crippen LogP contribution in [-0.4, -0.2) is 51.4 Å². The largest absolute Gasteiger partial charge is 0.508 e. The second-order valence-electron chi connectivity index (χ2n) is 6.65. The van der Waals surface area contributed by atoms with Crippen molar-refractivity contribution >= 4 is 5.91 Å². The van der Waals surface area contributed by atoms with Gasteiger partial charge in [0, 0.05) is 18.7 Å². The Bertz CT molecular complexity index is 726. The average Bonchev–Trinajstić information content (AvgIpc) is 2.84. The molecule has 132 valence electrons. The van der Waals surface area contributed by atoms with Gasteiger partial charge in [-0.05, 0) is 54.7 Å². The first-order valence-electron chi connectivity index (χ1n) is 8.53. The molecule has 1 heterocycles. The van der Waals surface area contributed by atoms with Crippen molar-refractivity contribution in [1.29, 1.82) is 0 Å². The molecular formula is C20H23NO4. The Morgan fingerprint density at radius 3 is 2.16 bits per heavy atom. The van der Waals surface area contributed by atoms with Gasteiger partial charge in [-0.3, -0.25) is 4.79 Å². The number of phenols is 1. The van der Waals surface area contributed by atoms with Crippen molar-refractivity contribution < 1.29 is 20.1 Å². The lowest BCUT2D eigenvalue weighted by atomic mass is 9.96. The predicted octanol–water partition coefficient (Wildman–Crippen LogP) is 2.41. The highest BCUT2D eigenvalue weighted by Crippen LogP contribution is 2.25. The molecule has 1 saturated heterocycles.